The Bertz CT molecular complexity index is 1090. The van der Waals surface area contributed by atoms with E-state index >= 15 is 0 Å². The van der Waals surface area contributed by atoms with Crippen LogP contribution in [0.1, 0.15) is 22.3 Å². The van der Waals surface area contributed by atoms with Crippen LogP contribution in [0, 0.1) is 24.3 Å². The van der Waals surface area contributed by atoms with E-state index in [4.69, 9.17) is 0 Å². The summed E-state index contributed by atoms with van der Waals surface area (Å²) in [4.78, 5) is 0.330. The number of phenolic OH excluding ortho intramolecular Hbond substituents is 1. The lowest BCUT2D eigenvalue weighted by Crippen LogP contribution is -2.31. The number of phenols is 1. The van der Waals surface area contributed by atoms with E-state index in [0.29, 0.717) is 16.1 Å². The first-order valence-corrected chi connectivity index (χ1v) is 11.3. The smallest absolute Gasteiger partial charge is 0.265 e. The third kappa shape index (κ3) is 4.33. The zero-order chi connectivity index (χ0) is 20.5. The molecule has 4 nitrogen and oxygen atoms in total. The van der Waals surface area contributed by atoms with Gasteiger partial charge in [-0.05, 0) is 96.5 Å². The van der Waals surface area contributed by atoms with Crippen LogP contribution >= 0.6 is 22.6 Å². The highest BCUT2D eigenvalue weighted by atomic mass is 127. The molecule has 3 rings (SSSR count). The van der Waals surface area contributed by atoms with Gasteiger partial charge in [0.1, 0.15) is 5.75 Å². The SMILES string of the molecule is Cc1cc(C)c(S(=O)(=O)N(Cc2cccc(O)c2)c2ccc(I)cc2)c(C)c1. The number of aryl methyl sites for hydroxylation is 3. The molecular formula is C22H22INO3S. The fourth-order valence-corrected chi connectivity index (χ4v) is 5.66. The Morgan fingerprint density at radius 1 is 0.929 bits per heavy atom. The van der Waals surface area contributed by atoms with Crippen molar-refractivity contribution in [1.29, 1.82) is 0 Å². The minimum atomic E-state index is -3.81. The summed E-state index contributed by atoms with van der Waals surface area (Å²) >= 11 is 2.19. The summed E-state index contributed by atoms with van der Waals surface area (Å²) in [5.41, 5.74) is 3.78. The highest BCUT2D eigenvalue weighted by Crippen LogP contribution is 2.31. The van der Waals surface area contributed by atoms with Crippen molar-refractivity contribution in [2.45, 2.75) is 32.2 Å². The van der Waals surface area contributed by atoms with Crippen LogP contribution < -0.4 is 4.31 Å². The molecule has 146 valence electrons. The van der Waals surface area contributed by atoms with E-state index < -0.39 is 10.0 Å². The Morgan fingerprint density at radius 3 is 2.11 bits per heavy atom. The van der Waals surface area contributed by atoms with E-state index in [-0.39, 0.29) is 12.3 Å². The number of hydrogen-bond acceptors (Lipinski definition) is 3. The molecule has 0 bridgehead atoms. The topological polar surface area (TPSA) is 57.6 Å². The molecule has 3 aromatic carbocycles. The van der Waals surface area contributed by atoms with Crippen LogP contribution in [-0.2, 0) is 16.6 Å². The second-order valence-electron chi connectivity index (χ2n) is 6.89. The molecule has 0 radical (unpaired) electrons. The molecule has 0 aliphatic heterocycles. The number of aromatic hydroxyl groups is 1. The highest BCUT2D eigenvalue weighted by Gasteiger charge is 2.28. The molecule has 3 aromatic rings. The molecule has 0 aliphatic carbocycles. The monoisotopic (exact) mass is 507 g/mol. The molecule has 28 heavy (non-hydrogen) atoms. The molecule has 0 unspecified atom stereocenters. The lowest BCUT2D eigenvalue weighted by atomic mass is 10.1. The zero-order valence-electron chi connectivity index (χ0n) is 16.0. The molecule has 1 N–H and O–H groups in total. The molecule has 0 saturated carbocycles. The maximum Gasteiger partial charge on any atom is 0.265 e. The first kappa shape index (κ1) is 20.7. The van der Waals surface area contributed by atoms with Crippen LogP contribution in [0.15, 0.2) is 65.6 Å². The largest absolute Gasteiger partial charge is 0.508 e. The number of halogens is 1. The summed E-state index contributed by atoms with van der Waals surface area (Å²) in [5, 5.41) is 9.80. The summed E-state index contributed by atoms with van der Waals surface area (Å²) in [5.74, 6) is 0.111. The van der Waals surface area contributed by atoms with E-state index in [2.05, 4.69) is 22.6 Å². The van der Waals surface area contributed by atoms with Gasteiger partial charge in [-0.1, -0.05) is 29.8 Å². The second-order valence-corrected chi connectivity index (χ2v) is 9.93. The van der Waals surface area contributed by atoms with Gasteiger partial charge < -0.3 is 5.11 Å². The van der Waals surface area contributed by atoms with E-state index in [0.717, 1.165) is 20.3 Å². The molecule has 6 heteroatoms. The standard InChI is InChI=1S/C22H22INO3S/c1-15-11-16(2)22(17(3)12-15)28(26,27)24(20-9-7-19(23)8-10-20)14-18-5-4-6-21(25)13-18/h4-13,25H,14H2,1-3H3. The van der Waals surface area contributed by atoms with Gasteiger partial charge in [0.15, 0.2) is 0 Å². The highest BCUT2D eigenvalue weighted by molar-refractivity contribution is 14.1. The van der Waals surface area contributed by atoms with Crippen molar-refractivity contribution in [1.82, 2.24) is 0 Å². The van der Waals surface area contributed by atoms with E-state index in [1.54, 1.807) is 30.3 Å². The molecule has 0 spiro atoms. The van der Waals surface area contributed by atoms with Crippen LogP contribution in [0.5, 0.6) is 5.75 Å². The van der Waals surface area contributed by atoms with Gasteiger partial charge in [-0.2, -0.15) is 0 Å². The maximum atomic E-state index is 13.7. The minimum absolute atomic E-state index is 0.111. The van der Waals surface area contributed by atoms with Gasteiger partial charge in [-0.15, -0.1) is 0 Å². The Balaban J connectivity index is 2.16. The molecule has 0 heterocycles. The number of anilines is 1. The van der Waals surface area contributed by atoms with Gasteiger partial charge in [-0.25, -0.2) is 8.42 Å². The van der Waals surface area contributed by atoms with Crippen molar-refractivity contribution in [2.24, 2.45) is 0 Å². The minimum Gasteiger partial charge on any atom is -0.508 e. The Morgan fingerprint density at radius 2 is 1.54 bits per heavy atom. The normalized spacial score (nSPS) is 11.4. The average molecular weight is 507 g/mol. The summed E-state index contributed by atoms with van der Waals surface area (Å²) < 4.78 is 29.9. The Labute approximate surface area is 180 Å². The van der Waals surface area contributed by atoms with Crippen molar-refractivity contribution >= 4 is 38.3 Å². The number of rotatable bonds is 5. The fourth-order valence-electron chi connectivity index (χ4n) is 3.43. The summed E-state index contributed by atoms with van der Waals surface area (Å²) in [6.07, 6.45) is 0. The van der Waals surface area contributed by atoms with Gasteiger partial charge in [0.2, 0.25) is 0 Å². The van der Waals surface area contributed by atoms with Gasteiger partial charge in [0, 0.05) is 3.57 Å². The Kier molecular flexibility index (Phi) is 6.00. The van der Waals surface area contributed by atoms with Gasteiger partial charge in [0.05, 0.1) is 17.1 Å². The predicted octanol–water partition coefficient (Wildman–Crippen LogP) is 5.32. The molecule has 0 fully saturated rings. The van der Waals surface area contributed by atoms with Crippen LogP contribution in [-0.4, -0.2) is 13.5 Å². The Hall–Kier alpha value is -2.06. The number of sulfonamides is 1. The van der Waals surface area contributed by atoms with E-state index in [1.165, 1.54) is 4.31 Å². The van der Waals surface area contributed by atoms with Gasteiger partial charge in [0.25, 0.3) is 10.0 Å². The number of benzene rings is 3. The second kappa shape index (κ2) is 8.13. The molecular weight excluding hydrogens is 485 g/mol. The van der Waals surface area contributed by atoms with Gasteiger partial charge >= 0.3 is 0 Å². The maximum absolute atomic E-state index is 13.7. The molecule has 0 aromatic heterocycles. The first-order chi connectivity index (χ1) is 13.2. The van der Waals surface area contributed by atoms with Crippen molar-refractivity contribution in [3.63, 3.8) is 0 Å². The number of hydrogen-bond donors (Lipinski definition) is 1. The summed E-state index contributed by atoms with van der Waals surface area (Å²) in [6, 6.07) is 17.8. The lowest BCUT2D eigenvalue weighted by Gasteiger charge is -2.27. The number of nitrogens with zero attached hydrogens (tertiary/aromatic N) is 1. The quantitative estimate of drug-likeness (QED) is 0.476. The average Bonchev–Trinajstić information content (AvgIpc) is 2.59. The third-order valence-corrected chi connectivity index (χ3v) is 7.30. The molecule has 0 aliphatic rings. The fraction of sp³-hybridized carbons (Fsp3) is 0.182. The molecule has 0 amide bonds. The first-order valence-electron chi connectivity index (χ1n) is 8.82. The van der Waals surface area contributed by atoms with Crippen LogP contribution in [0.3, 0.4) is 0 Å². The predicted molar refractivity (Wildman–Crippen MR) is 121 cm³/mol. The zero-order valence-corrected chi connectivity index (χ0v) is 19.0. The van der Waals surface area contributed by atoms with Crippen LogP contribution in [0.2, 0.25) is 0 Å². The molecule has 0 saturated heterocycles. The van der Waals surface area contributed by atoms with Crippen LogP contribution in [0.25, 0.3) is 0 Å². The van der Waals surface area contributed by atoms with Crippen molar-refractivity contribution in [3.05, 3.63) is 86.5 Å². The van der Waals surface area contributed by atoms with Crippen molar-refractivity contribution in [3.8, 4) is 5.75 Å². The van der Waals surface area contributed by atoms with Crippen LogP contribution in [0.4, 0.5) is 5.69 Å². The summed E-state index contributed by atoms with van der Waals surface area (Å²) in [6.45, 7) is 5.74. The van der Waals surface area contributed by atoms with Crippen molar-refractivity contribution < 1.29 is 13.5 Å². The van der Waals surface area contributed by atoms with Gasteiger partial charge in [-0.3, -0.25) is 4.31 Å². The summed E-state index contributed by atoms with van der Waals surface area (Å²) in [7, 11) is -3.81. The van der Waals surface area contributed by atoms with E-state index in [9.17, 15) is 13.5 Å². The third-order valence-electron chi connectivity index (χ3n) is 4.50. The molecule has 0 atom stereocenters. The van der Waals surface area contributed by atoms with E-state index in [1.807, 2.05) is 51.1 Å². The lowest BCUT2D eigenvalue weighted by molar-refractivity contribution is 0.474. The van der Waals surface area contributed by atoms with Crippen molar-refractivity contribution in [2.75, 3.05) is 4.31 Å².